The van der Waals surface area contributed by atoms with Crippen molar-refractivity contribution in [2.75, 3.05) is 5.32 Å². The number of nitrogens with one attached hydrogen (secondary N) is 2. The molecule has 0 heterocycles. The number of carbonyl (C=O) groups excluding carboxylic acids is 1. The number of primary sulfonamides is 1. The second-order valence-electron chi connectivity index (χ2n) is 4.72. The van der Waals surface area contributed by atoms with Crippen LogP contribution in [-0.2, 0) is 16.6 Å². The summed E-state index contributed by atoms with van der Waals surface area (Å²) in [7, 11) is -3.81. The lowest BCUT2D eigenvalue weighted by atomic mass is 10.2. The Labute approximate surface area is 135 Å². The lowest BCUT2D eigenvalue weighted by molar-refractivity contribution is 0.251. The smallest absolute Gasteiger partial charge is 0.319 e. The first-order chi connectivity index (χ1) is 11.2. The zero-order chi connectivity index (χ0) is 17.9. The van der Waals surface area contributed by atoms with Gasteiger partial charge in [0.25, 0.3) is 0 Å². The first kappa shape index (κ1) is 17.8. The Hall–Kier alpha value is -2.59. The van der Waals surface area contributed by atoms with Crippen LogP contribution in [0, 0.1) is 17.5 Å². The van der Waals surface area contributed by atoms with E-state index in [-0.39, 0.29) is 11.4 Å². The largest absolute Gasteiger partial charge is 0.334 e. The lowest BCUT2D eigenvalue weighted by Gasteiger charge is -2.09. The van der Waals surface area contributed by atoms with Crippen molar-refractivity contribution in [2.24, 2.45) is 5.14 Å². The molecular formula is C14H12F3N3O3S. The van der Waals surface area contributed by atoms with E-state index in [0.717, 1.165) is 6.07 Å². The molecule has 2 aromatic carbocycles. The van der Waals surface area contributed by atoms with Gasteiger partial charge in [-0.2, -0.15) is 0 Å². The molecule has 0 aromatic heterocycles. The molecule has 10 heteroatoms. The number of anilines is 1. The van der Waals surface area contributed by atoms with Gasteiger partial charge >= 0.3 is 6.03 Å². The number of sulfonamides is 1. The molecule has 0 saturated carbocycles. The lowest BCUT2D eigenvalue weighted by Crippen LogP contribution is -2.28. The van der Waals surface area contributed by atoms with E-state index in [1.54, 1.807) is 0 Å². The molecule has 2 amide bonds. The summed E-state index contributed by atoms with van der Waals surface area (Å²) in [4.78, 5) is 11.6. The van der Waals surface area contributed by atoms with Crippen molar-refractivity contribution >= 4 is 21.7 Å². The van der Waals surface area contributed by atoms with Crippen molar-refractivity contribution in [1.82, 2.24) is 5.32 Å². The summed E-state index contributed by atoms with van der Waals surface area (Å²) in [6, 6.07) is 6.10. The van der Waals surface area contributed by atoms with Crippen LogP contribution in [0.4, 0.5) is 23.7 Å². The van der Waals surface area contributed by atoms with Crippen molar-refractivity contribution in [1.29, 1.82) is 0 Å². The van der Waals surface area contributed by atoms with Crippen LogP contribution in [0.2, 0.25) is 0 Å². The van der Waals surface area contributed by atoms with Crippen molar-refractivity contribution in [2.45, 2.75) is 11.4 Å². The maximum atomic E-state index is 13.4. The van der Waals surface area contributed by atoms with Crippen molar-refractivity contribution in [3.8, 4) is 0 Å². The van der Waals surface area contributed by atoms with Crippen molar-refractivity contribution in [3.63, 3.8) is 0 Å². The number of nitrogens with two attached hydrogens (primary N) is 1. The maximum Gasteiger partial charge on any atom is 0.319 e. The summed E-state index contributed by atoms with van der Waals surface area (Å²) >= 11 is 0. The molecule has 0 aliphatic heterocycles. The van der Waals surface area contributed by atoms with Crippen molar-refractivity contribution < 1.29 is 26.4 Å². The normalized spacial score (nSPS) is 11.2. The van der Waals surface area contributed by atoms with Gasteiger partial charge in [-0.25, -0.2) is 31.5 Å². The molecule has 0 aliphatic carbocycles. The first-order valence-corrected chi connectivity index (χ1v) is 8.03. The van der Waals surface area contributed by atoms with Gasteiger partial charge in [-0.1, -0.05) is 12.1 Å². The third-order valence-corrected chi connectivity index (χ3v) is 3.92. The predicted octanol–water partition coefficient (Wildman–Crippen LogP) is 2.07. The Morgan fingerprint density at radius 3 is 2.21 bits per heavy atom. The van der Waals surface area contributed by atoms with Gasteiger partial charge in [-0.15, -0.1) is 0 Å². The summed E-state index contributed by atoms with van der Waals surface area (Å²) in [5, 5.41) is 9.34. The fourth-order valence-corrected chi connectivity index (χ4v) is 2.28. The zero-order valence-corrected chi connectivity index (χ0v) is 12.8. The quantitative estimate of drug-likeness (QED) is 0.729. The zero-order valence-electron chi connectivity index (χ0n) is 12.0. The van der Waals surface area contributed by atoms with Gasteiger partial charge in [0.2, 0.25) is 10.0 Å². The molecular weight excluding hydrogens is 347 g/mol. The molecule has 2 rings (SSSR count). The third-order valence-electron chi connectivity index (χ3n) is 2.99. The first-order valence-electron chi connectivity index (χ1n) is 6.48. The molecule has 0 atom stereocenters. The Bertz CT molecular complexity index is 871. The number of rotatable bonds is 4. The van der Waals surface area contributed by atoms with Crippen LogP contribution in [0.5, 0.6) is 0 Å². The average molecular weight is 359 g/mol. The van der Waals surface area contributed by atoms with Gasteiger partial charge in [-0.3, -0.25) is 0 Å². The van der Waals surface area contributed by atoms with Gasteiger partial charge in [0.15, 0.2) is 17.5 Å². The molecule has 128 valence electrons. The van der Waals surface area contributed by atoms with Crippen LogP contribution in [-0.4, -0.2) is 14.4 Å². The van der Waals surface area contributed by atoms with Gasteiger partial charge in [-0.05, 0) is 29.8 Å². The number of halogens is 3. The minimum absolute atomic E-state index is 0.0119. The standard InChI is InChI=1S/C14H12F3N3O3S/c15-10-5-6-11(13(17)12(10)16)20-14(21)19-7-8-1-3-9(4-2-8)24(18,22)23/h1-6H,7H2,(H2,18,22,23)(H2,19,20,21). The fraction of sp³-hybridized carbons (Fsp3) is 0.0714. The highest BCUT2D eigenvalue weighted by Crippen LogP contribution is 2.19. The summed E-state index contributed by atoms with van der Waals surface area (Å²) in [5.41, 5.74) is 0.0271. The molecule has 0 aliphatic rings. The maximum absolute atomic E-state index is 13.4. The molecule has 6 nitrogen and oxygen atoms in total. The molecule has 0 bridgehead atoms. The Morgan fingerprint density at radius 1 is 1.00 bits per heavy atom. The molecule has 0 saturated heterocycles. The summed E-state index contributed by atoms with van der Waals surface area (Å²) in [6.45, 7) is -0.0119. The van der Waals surface area contributed by atoms with E-state index in [1.165, 1.54) is 24.3 Å². The Kier molecular flexibility index (Phi) is 5.10. The molecule has 2 aromatic rings. The topological polar surface area (TPSA) is 101 Å². The van der Waals surface area contributed by atoms with Gasteiger partial charge < -0.3 is 10.6 Å². The highest BCUT2D eigenvalue weighted by atomic mass is 32.2. The van der Waals surface area contributed by atoms with Crippen LogP contribution in [0.3, 0.4) is 0 Å². The molecule has 0 fully saturated rings. The van der Waals surface area contributed by atoms with Crippen LogP contribution in [0.25, 0.3) is 0 Å². The summed E-state index contributed by atoms with van der Waals surface area (Å²) < 4.78 is 61.5. The number of benzene rings is 2. The molecule has 0 radical (unpaired) electrons. The van der Waals surface area contributed by atoms with Gasteiger partial charge in [0.1, 0.15) is 0 Å². The third kappa shape index (κ3) is 4.24. The van der Waals surface area contributed by atoms with Gasteiger partial charge in [0, 0.05) is 6.54 Å². The number of hydrogen-bond acceptors (Lipinski definition) is 3. The van der Waals surface area contributed by atoms with Crippen LogP contribution in [0.1, 0.15) is 5.56 Å². The van der Waals surface area contributed by atoms with Gasteiger partial charge in [0.05, 0.1) is 10.6 Å². The van der Waals surface area contributed by atoms with E-state index in [9.17, 15) is 26.4 Å². The van der Waals surface area contributed by atoms with E-state index in [2.05, 4.69) is 5.32 Å². The van der Waals surface area contributed by atoms with E-state index in [4.69, 9.17) is 5.14 Å². The van der Waals surface area contributed by atoms with Crippen LogP contribution < -0.4 is 15.8 Å². The van der Waals surface area contributed by atoms with Crippen LogP contribution in [0.15, 0.2) is 41.3 Å². The second kappa shape index (κ2) is 6.89. The van der Waals surface area contributed by atoms with E-state index >= 15 is 0 Å². The van der Waals surface area contributed by atoms with E-state index < -0.39 is 39.2 Å². The number of amides is 2. The summed E-state index contributed by atoms with van der Waals surface area (Å²) in [6.07, 6.45) is 0. The Balaban J connectivity index is 1.98. The van der Waals surface area contributed by atoms with E-state index in [1.807, 2.05) is 5.32 Å². The molecule has 4 N–H and O–H groups in total. The molecule has 0 spiro atoms. The average Bonchev–Trinajstić information content (AvgIpc) is 2.53. The SMILES string of the molecule is NS(=O)(=O)c1ccc(CNC(=O)Nc2ccc(F)c(F)c2F)cc1. The minimum Gasteiger partial charge on any atom is -0.334 e. The second-order valence-corrected chi connectivity index (χ2v) is 6.28. The number of hydrogen-bond donors (Lipinski definition) is 3. The fourth-order valence-electron chi connectivity index (χ4n) is 1.77. The minimum atomic E-state index is -3.81. The highest BCUT2D eigenvalue weighted by Gasteiger charge is 2.15. The summed E-state index contributed by atoms with van der Waals surface area (Å²) in [5.74, 6) is -4.57. The predicted molar refractivity (Wildman–Crippen MR) is 80.0 cm³/mol. The highest BCUT2D eigenvalue weighted by molar-refractivity contribution is 7.89. The molecule has 0 unspecified atom stereocenters. The van der Waals surface area contributed by atoms with E-state index in [0.29, 0.717) is 11.6 Å². The van der Waals surface area contributed by atoms with Crippen LogP contribution >= 0.6 is 0 Å². The Morgan fingerprint density at radius 2 is 1.62 bits per heavy atom. The number of urea groups is 1. The number of carbonyl (C=O) groups is 1. The monoisotopic (exact) mass is 359 g/mol. The van der Waals surface area contributed by atoms with Crippen molar-refractivity contribution in [3.05, 3.63) is 59.4 Å². The molecule has 24 heavy (non-hydrogen) atoms.